The first kappa shape index (κ1) is 17.3. The van der Waals surface area contributed by atoms with E-state index in [9.17, 15) is 18.0 Å². The van der Waals surface area contributed by atoms with E-state index in [1.165, 1.54) is 17.0 Å². The van der Waals surface area contributed by atoms with Crippen molar-refractivity contribution in [2.75, 3.05) is 12.4 Å². The molecule has 21 heavy (non-hydrogen) atoms. The van der Waals surface area contributed by atoms with Crippen LogP contribution in [0.2, 0.25) is 0 Å². The Morgan fingerprint density at radius 2 is 2.14 bits per heavy atom. The molecule has 3 nitrogen and oxygen atoms in total. The Hall–Kier alpha value is -1.74. The number of carbonyl (C=O) groups excluding carboxylic acids is 1. The summed E-state index contributed by atoms with van der Waals surface area (Å²) in [6, 6.07) is 6.73. The van der Waals surface area contributed by atoms with Crippen molar-refractivity contribution in [2.24, 2.45) is 5.92 Å². The average Bonchev–Trinajstić information content (AvgIpc) is 2.45. The predicted octanol–water partition coefficient (Wildman–Crippen LogP) is 3.43. The van der Waals surface area contributed by atoms with E-state index < -0.39 is 23.6 Å². The van der Waals surface area contributed by atoms with Gasteiger partial charge >= 0.3 is 6.18 Å². The summed E-state index contributed by atoms with van der Waals surface area (Å²) in [5.74, 6) is -1.13. The van der Waals surface area contributed by atoms with Gasteiger partial charge in [-0.2, -0.15) is 18.4 Å². The van der Waals surface area contributed by atoms with E-state index in [0.717, 1.165) is 12.1 Å². The van der Waals surface area contributed by atoms with Crippen LogP contribution in [0.5, 0.6) is 0 Å². The number of amides is 1. The fourth-order valence-corrected chi connectivity index (χ4v) is 1.95. The van der Waals surface area contributed by atoms with E-state index >= 15 is 0 Å². The molecule has 114 valence electrons. The molecule has 1 atom stereocenters. The van der Waals surface area contributed by atoms with Gasteiger partial charge in [-0.1, -0.05) is 12.1 Å². The van der Waals surface area contributed by atoms with Gasteiger partial charge in [-0.25, -0.2) is 0 Å². The Labute approximate surface area is 125 Å². The quantitative estimate of drug-likeness (QED) is 0.781. The Morgan fingerprint density at radius 3 is 2.67 bits per heavy atom. The molecule has 0 aliphatic heterocycles. The highest BCUT2D eigenvalue weighted by Crippen LogP contribution is 2.29. The summed E-state index contributed by atoms with van der Waals surface area (Å²) in [5, 5.41) is 8.79. The molecular weight excluding hydrogens is 305 g/mol. The molecule has 0 aliphatic carbocycles. The SMILES string of the molecule is CC(C#N)CN(Cc1cccc(C(F)(F)F)c1)C(=O)CCl. The minimum Gasteiger partial charge on any atom is -0.336 e. The van der Waals surface area contributed by atoms with Crippen molar-refractivity contribution in [2.45, 2.75) is 19.6 Å². The van der Waals surface area contributed by atoms with Gasteiger partial charge in [-0.05, 0) is 24.6 Å². The molecule has 0 aromatic heterocycles. The van der Waals surface area contributed by atoms with Gasteiger partial charge in [0.05, 0.1) is 17.6 Å². The molecule has 0 bridgehead atoms. The molecule has 1 unspecified atom stereocenters. The summed E-state index contributed by atoms with van der Waals surface area (Å²) in [5.41, 5.74) is -0.431. The number of hydrogen-bond acceptors (Lipinski definition) is 2. The van der Waals surface area contributed by atoms with Crippen molar-refractivity contribution in [1.82, 2.24) is 4.90 Å². The van der Waals surface area contributed by atoms with Gasteiger partial charge in [0.25, 0.3) is 0 Å². The van der Waals surface area contributed by atoms with Crippen LogP contribution >= 0.6 is 11.6 Å². The largest absolute Gasteiger partial charge is 0.416 e. The molecule has 0 aliphatic rings. The van der Waals surface area contributed by atoms with Crippen LogP contribution in [0.15, 0.2) is 24.3 Å². The maximum absolute atomic E-state index is 12.7. The van der Waals surface area contributed by atoms with E-state index in [2.05, 4.69) is 0 Å². The third kappa shape index (κ3) is 5.27. The third-order valence-corrected chi connectivity index (χ3v) is 3.04. The minimum atomic E-state index is -4.43. The second kappa shape index (κ2) is 7.32. The lowest BCUT2D eigenvalue weighted by Gasteiger charge is -2.23. The zero-order valence-corrected chi connectivity index (χ0v) is 12.1. The lowest BCUT2D eigenvalue weighted by molar-refractivity contribution is -0.137. The third-order valence-electron chi connectivity index (χ3n) is 2.81. The molecular formula is C14H14ClF3N2O. The Morgan fingerprint density at radius 1 is 1.48 bits per heavy atom. The van der Waals surface area contributed by atoms with Crippen LogP contribution in [0.1, 0.15) is 18.1 Å². The molecule has 1 rings (SSSR count). The van der Waals surface area contributed by atoms with Gasteiger partial charge in [0.2, 0.25) is 5.91 Å². The van der Waals surface area contributed by atoms with Crippen molar-refractivity contribution in [3.8, 4) is 6.07 Å². The van der Waals surface area contributed by atoms with Crippen LogP contribution in [0.3, 0.4) is 0 Å². The number of hydrogen-bond donors (Lipinski definition) is 0. The number of benzene rings is 1. The van der Waals surface area contributed by atoms with Crippen LogP contribution < -0.4 is 0 Å². The maximum Gasteiger partial charge on any atom is 0.416 e. The highest BCUT2D eigenvalue weighted by molar-refractivity contribution is 6.27. The maximum atomic E-state index is 12.7. The van der Waals surface area contributed by atoms with Crippen molar-refractivity contribution in [3.63, 3.8) is 0 Å². The molecule has 1 aromatic rings. The predicted molar refractivity (Wildman–Crippen MR) is 72.4 cm³/mol. The van der Waals surface area contributed by atoms with Crippen molar-refractivity contribution >= 4 is 17.5 Å². The van der Waals surface area contributed by atoms with Gasteiger partial charge in [0.1, 0.15) is 5.88 Å². The van der Waals surface area contributed by atoms with E-state index in [1.807, 2.05) is 6.07 Å². The zero-order chi connectivity index (χ0) is 16.0. The molecule has 0 spiro atoms. The highest BCUT2D eigenvalue weighted by Gasteiger charge is 2.30. The number of halogens is 4. The number of nitrogens with zero attached hydrogens (tertiary/aromatic N) is 2. The first-order valence-electron chi connectivity index (χ1n) is 6.17. The number of carbonyl (C=O) groups is 1. The number of nitriles is 1. The Balaban J connectivity index is 2.93. The van der Waals surface area contributed by atoms with E-state index in [4.69, 9.17) is 16.9 Å². The Kier molecular flexibility index (Phi) is 6.03. The highest BCUT2D eigenvalue weighted by atomic mass is 35.5. The minimum absolute atomic E-state index is 0.0124. The zero-order valence-electron chi connectivity index (χ0n) is 11.3. The first-order chi connectivity index (χ1) is 9.77. The standard InChI is InChI=1S/C14H14ClF3N2O/c1-10(7-19)8-20(13(21)6-15)9-11-3-2-4-12(5-11)14(16,17)18/h2-5,10H,6,8-9H2,1H3. The lowest BCUT2D eigenvalue weighted by Crippen LogP contribution is -2.35. The monoisotopic (exact) mass is 318 g/mol. The van der Waals surface area contributed by atoms with Crippen LogP contribution in [-0.4, -0.2) is 23.2 Å². The second-order valence-electron chi connectivity index (χ2n) is 4.64. The van der Waals surface area contributed by atoms with E-state index in [-0.39, 0.29) is 19.0 Å². The normalized spacial score (nSPS) is 12.6. The summed E-state index contributed by atoms with van der Waals surface area (Å²) in [6.45, 7) is 1.74. The summed E-state index contributed by atoms with van der Waals surface area (Å²) in [4.78, 5) is 13.0. The molecule has 0 radical (unpaired) electrons. The van der Waals surface area contributed by atoms with Crippen LogP contribution in [0, 0.1) is 17.2 Å². The van der Waals surface area contributed by atoms with Gasteiger partial charge in [0.15, 0.2) is 0 Å². The van der Waals surface area contributed by atoms with E-state index in [1.54, 1.807) is 6.92 Å². The van der Waals surface area contributed by atoms with Gasteiger partial charge in [0, 0.05) is 13.1 Å². The van der Waals surface area contributed by atoms with Gasteiger partial charge in [-0.3, -0.25) is 4.79 Å². The molecule has 1 aromatic carbocycles. The van der Waals surface area contributed by atoms with Crippen molar-refractivity contribution in [1.29, 1.82) is 5.26 Å². The average molecular weight is 319 g/mol. The second-order valence-corrected chi connectivity index (χ2v) is 4.90. The number of alkyl halides is 4. The molecule has 1 amide bonds. The fourth-order valence-electron chi connectivity index (χ4n) is 1.78. The summed E-state index contributed by atoms with van der Waals surface area (Å²) >= 11 is 5.49. The number of rotatable bonds is 5. The van der Waals surface area contributed by atoms with Crippen LogP contribution in [-0.2, 0) is 17.5 Å². The molecule has 0 heterocycles. The summed E-state index contributed by atoms with van der Waals surface area (Å²) < 4.78 is 38.0. The van der Waals surface area contributed by atoms with Crippen LogP contribution in [0.4, 0.5) is 13.2 Å². The van der Waals surface area contributed by atoms with Crippen LogP contribution in [0.25, 0.3) is 0 Å². The molecule has 7 heteroatoms. The van der Waals surface area contributed by atoms with Crippen molar-refractivity contribution < 1.29 is 18.0 Å². The molecule has 0 saturated carbocycles. The van der Waals surface area contributed by atoms with Crippen molar-refractivity contribution in [3.05, 3.63) is 35.4 Å². The Bertz CT molecular complexity index is 540. The molecule has 0 N–H and O–H groups in total. The lowest BCUT2D eigenvalue weighted by atomic mass is 10.1. The van der Waals surface area contributed by atoms with E-state index in [0.29, 0.717) is 5.56 Å². The van der Waals surface area contributed by atoms with Gasteiger partial charge < -0.3 is 4.90 Å². The fraction of sp³-hybridized carbons (Fsp3) is 0.429. The topological polar surface area (TPSA) is 44.1 Å². The summed E-state index contributed by atoms with van der Waals surface area (Å²) in [7, 11) is 0. The molecule has 0 fully saturated rings. The molecule has 0 saturated heterocycles. The summed E-state index contributed by atoms with van der Waals surface area (Å²) in [6.07, 6.45) is -4.43. The smallest absolute Gasteiger partial charge is 0.336 e. The first-order valence-corrected chi connectivity index (χ1v) is 6.71. The van der Waals surface area contributed by atoms with Gasteiger partial charge in [-0.15, -0.1) is 11.6 Å².